The van der Waals surface area contributed by atoms with E-state index in [0.29, 0.717) is 6.42 Å². The number of nitrogens with zero attached hydrogens (tertiary/aromatic N) is 2. The standard InChI is InChI=1S/C18H22N2O2S/c1-12-5-3-6-13-7-4-10-19(16(12)13)17(22)14-11-23-18(2)9-8-15(21)20(14)18/h3,5-6,14H,4,7-11H2,1-2H3/t14-,18+/m1/s1. The molecule has 0 unspecified atom stereocenters. The monoisotopic (exact) mass is 330 g/mol. The highest BCUT2D eigenvalue weighted by atomic mass is 32.2. The number of carbonyl (C=O) groups is 2. The Labute approximate surface area is 141 Å². The molecule has 2 atom stereocenters. The summed E-state index contributed by atoms with van der Waals surface area (Å²) in [5, 5.41) is 0. The molecule has 0 bridgehead atoms. The maximum Gasteiger partial charge on any atom is 0.250 e. The molecule has 3 aliphatic heterocycles. The molecule has 0 saturated carbocycles. The van der Waals surface area contributed by atoms with Crippen LogP contribution in [0.4, 0.5) is 5.69 Å². The third-order valence-electron chi connectivity index (χ3n) is 5.42. The van der Waals surface area contributed by atoms with Gasteiger partial charge in [-0.1, -0.05) is 18.2 Å². The fraction of sp³-hybridized carbons (Fsp3) is 0.556. The molecule has 23 heavy (non-hydrogen) atoms. The second-order valence-electron chi connectivity index (χ2n) is 6.94. The summed E-state index contributed by atoms with van der Waals surface area (Å²) < 4.78 is 0. The number of hydrogen-bond acceptors (Lipinski definition) is 3. The normalized spacial score (nSPS) is 29.7. The van der Waals surface area contributed by atoms with Crippen molar-refractivity contribution in [2.45, 2.75) is 50.4 Å². The number of aryl methyl sites for hydroxylation is 2. The molecule has 2 saturated heterocycles. The average Bonchev–Trinajstić information content (AvgIpc) is 3.03. The van der Waals surface area contributed by atoms with Crippen molar-refractivity contribution < 1.29 is 9.59 Å². The number of hydrogen-bond donors (Lipinski definition) is 0. The molecule has 0 N–H and O–H groups in total. The van der Waals surface area contributed by atoms with Gasteiger partial charge in [0.15, 0.2) is 0 Å². The summed E-state index contributed by atoms with van der Waals surface area (Å²) >= 11 is 1.76. The van der Waals surface area contributed by atoms with Crippen LogP contribution in [0.5, 0.6) is 0 Å². The zero-order chi connectivity index (χ0) is 16.2. The summed E-state index contributed by atoms with van der Waals surface area (Å²) in [5.41, 5.74) is 3.48. The molecule has 4 nitrogen and oxygen atoms in total. The number of anilines is 1. The number of benzene rings is 1. The lowest BCUT2D eigenvalue weighted by Crippen LogP contribution is -2.52. The molecule has 5 heteroatoms. The Kier molecular flexibility index (Phi) is 3.45. The number of rotatable bonds is 1. The smallest absolute Gasteiger partial charge is 0.250 e. The van der Waals surface area contributed by atoms with Crippen LogP contribution < -0.4 is 4.90 Å². The van der Waals surface area contributed by atoms with Crippen molar-refractivity contribution in [2.75, 3.05) is 17.2 Å². The van der Waals surface area contributed by atoms with Gasteiger partial charge in [0, 0.05) is 24.4 Å². The number of para-hydroxylation sites is 1. The lowest BCUT2D eigenvalue weighted by Gasteiger charge is -2.36. The van der Waals surface area contributed by atoms with Gasteiger partial charge in [0.05, 0.1) is 4.87 Å². The summed E-state index contributed by atoms with van der Waals surface area (Å²) in [4.78, 5) is 29.2. The Bertz CT molecular complexity index is 690. The van der Waals surface area contributed by atoms with Crippen LogP contribution in [0.15, 0.2) is 18.2 Å². The molecule has 0 aliphatic carbocycles. The summed E-state index contributed by atoms with van der Waals surface area (Å²) in [6.45, 7) is 4.93. The summed E-state index contributed by atoms with van der Waals surface area (Å²) in [6.07, 6.45) is 3.45. The second kappa shape index (κ2) is 5.26. The van der Waals surface area contributed by atoms with Gasteiger partial charge >= 0.3 is 0 Å². The van der Waals surface area contributed by atoms with E-state index in [0.717, 1.165) is 42.8 Å². The molecule has 0 radical (unpaired) electrons. The van der Waals surface area contributed by atoms with Crippen LogP contribution in [0.1, 0.15) is 37.3 Å². The van der Waals surface area contributed by atoms with E-state index in [1.165, 1.54) is 5.56 Å². The largest absolute Gasteiger partial charge is 0.315 e. The Morgan fingerprint density at radius 3 is 3.00 bits per heavy atom. The Hall–Kier alpha value is -1.49. The van der Waals surface area contributed by atoms with E-state index in [1.807, 2.05) is 9.80 Å². The summed E-state index contributed by atoms with van der Waals surface area (Å²) in [6, 6.07) is 5.95. The molecule has 2 amide bonds. The number of amides is 2. The van der Waals surface area contributed by atoms with Crippen molar-refractivity contribution in [3.8, 4) is 0 Å². The third-order valence-corrected chi connectivity index (χ3v) is 6.92. The molecule has 4 rings (SSSR count). The first-order valence-electron chi connectivity index (χ1n) is 8.37. The molecular formula is C18H22N2O2S. The van der Waals surface area contributed by atoms with Crippen molar-refractivity contribution in [1.29, 1.82) is 0 Å². The van der Waals surface area contributed by atoms with Crippen LogP contribution in [-0.2, 0) is 16.0 Å². The average molecular weight is 330 g/mol. The van der Waals surface area contributed by atoms with E-state index in [1.54, 1.807) is 11.8 Å². The molecule has 1 aromatic rings. The van der Waals surface area contributed by atoms with Gasteiger partial charge in [-0.2, -0.15) is 0 Å². The van der Waals surface area contributed by atoms with E-state index in [4.69, 9.17) is 0 Å². The number of fused-ring (bicyclic) bond motifs is 2. The van der Waals surface area contributed by atoms with Gasteiger partial charge in [-0.15, -0.1) is 11.8 Å². The highest BCUT2D eigenvalue weighted by Gasteiger charge is 2.53. The maximum absolute atomic E-state index is 13.3. The second-order valence-corrected chi connectivity index (χ2v) is 8.44. The van der Waals surface area contributed by atoms with Crippen molar-refractivity contribution >= 4 is 29.3 Å². The van der Waals surface area contributed by atoms with Crippen molar-refractivity contribution in [1.82, 2.24) is 4.90 Å². The van der Waals surface area contributed by atoms with Crippen molar-refractivity contribution in [3.63, 3.8) is 0 Å². The first-order valence-corrected chi connectivity index (χ1v) is 9.36. The summed E-state index contributed by atoms with van der Waals surface area (Å²) in [7, 11) is 0. The zero-order valence-electron chi connectivity index (χ0n) is 13.7. The lowest BCUT2D eigenvalue weighted by atomic mass is 9.97. The minimum absolute atomic E-state index is 0.103. The van der Waals surface area contributed by atoms with E-state index in [2.05, 4.69) is 32.0 Å². The minimum atomic E-state index is -0.300. The maximum atomic E-state index is 13.3. The highest BCUT2D eigenvalue weighted by Crippen LogP contribution is 2.48. The molecule has 0 aromatic heterocycles. The number of thioether (sulfide) groups is 1. The predicted molar refractivity (Wildman–Crippen MR) is 92.6 cm³/mol. The van der Waals surface area contributed by atoms with Gasteiger partial charge in [-0.05, 0) is 44.2 Å². The van der Waals surface area contributed by atoms with E-state index >= 15 is 0 Å². The van der Waals surface area contributed by atoms with Crippen molar-refractivity contribution in [3.05, 3.63) is 29.3 Å². The Morgan fingerprint density at radius 1 is 1.35 bits per heavy atom. The Morgan fingerprint density at radius 2 is 2.17 bits per heavy atom. The topological polar surface area (TPSA) is 40.6 Å². The van der Waals surface area contributed by atoms with Crippen LogP contribution >= 0.6 is 11.8 Å². The molecule has 1 aromatic carbocycles. The predicted octanol–water partition coefficient (Wildman–Crippen LogP) is 2.73. The van der Waals surface area contributed by atoms with Gasteiger partial charge in [-0.25, -0.2) is 0 Å². The quantitative estimate of drug-likeness (QED) is 0.795. The number of carbonyl (C=O) groups excluding carboxylic acids is 2. The highest BCUT2D eigenvalue weighted by molar-refractivity contribution is 8.01. The van der Waals surface area contributed by atoms with E-state index in [9.17, 15) is 9.59 Å². The molecule has 122 valence electrons. The van der Waals surface area contributed by atoms with Crippen LogP contribution in [-0.4, -0.2) is 39.9 Å². The fourth-order valence-electron chi connectivity index (χ4n) is 4.25. The van der Waals surface area contributed by atoms with Crippen LogP contribution in [0.25, 0.3) is 0 Å². The van der Waals surface area contributed by atoms with Gasteiger partial charge in [0.25, 0.3) is 5.91 Å². The summed E-state index contributed by atoms with van der Waals surface area (Å²) in [5.74, 6) is 0.961. The minimum Gasteiger partial charge on any atom is -0.315 e. The van der Waals surface area contributed by atoms with Gasteiger partial charge in [0.2, 0.25) is 5.91 Å². The molecule has 2 fully saturated rings. The van der Waals surface area contributed by atoms with Crippen LogP contribution in [0.2, 0.25) is 0 Å². The molecule has 0 spiro atoms. The molecular weight excluding hydrogens is 308 g/mol. The van der Waals surface area contributed by atoms with Gasteiger partial charge < -0.3 is 9.80 Å². The SMILES string of the molecule is Cc1cccc2c1N(C(=O)[C@H]1CS[C@@]3(C)CCC(=O)N13)CCC2. The van der Waals surface area contributed by atoms with Gasteiger partial charge in [0.1, 0.15) is 6.04 Å². The van der Waals surface area contributed by atoms with Crippen molar-refractivity contribution in [2.24, 2.45) is 0 Å². The third kappa shape index (κ3) is 2.20. The van der Waals surface area contributed by atoms with Gasteiger partial charge in [-0.3, -0.25) is 9.59 Å². The fourth-order valence-corrected chi connectivity index (χ4v) is 5.67. The van der Waals surface area contributed by atoms with E-state index < -0.39 is 0 Å². The zero-order valence-corrected chi connectivity index (χ0v) is 14.5. The van der Waals surface area contributed by atoms with Crippen LogP contribution in [0.3, 0.4) is 0 Å². The first kappa shape index (κ1) is 15.1. The first-order chi connectivity index (χ1) is 11.0. The van der Waals surface area contributed by atoms with Crippen LogP contribution in [0, 0.1) is 6.92 Å². The molecule has 3 aliphatic rings. The Balaban J connectivity index is 1.68. The lowest BCUT2D eigenvalue weighted by molar-refractivity contribution is -0.136. The molecule has 3 heterocycles. The van der Waals surface area contributed by atoms with E-state index in [-0.39, 0.29) is 22.7 Å².